The number of fused-ring (bicyclic) bond motifs is 1. The van der Waals surface area contributed by atoms with Gasteiger partial charge in [-0.05, 0) is 43.3 Å². The molecule has 1 heterocycles. The van der Waals surface area contributed by atoms with E-state index in [0.717, 1.165) is 0 Å². The highest BCUT2D eigenvalue weighted by Crippen LogP contribution is 2.27. The Morgan fingerprint density at radius 2 is 1.76 bits per heavy atom. The third-order valence-electron chi connectivity index (χ3n) is 6.64. The first kappa shape index (κ1) is 28.9. The smallest absolute Gasteiger partial charge is 0.257 e. The Hall–Kier alpha value is -3.63. The molecule has 0 saturated carbocycles. The van der Waals surface area contributed by atoms with Crippen molar-refractivity contribution in [2.45, 2.75) is 26.0 Å². The first-order chi connectivity index (χ1) is 18.2. The Morgan fingerprint density at radius 1 is 1.05 bits per heavy atom. The number of benzene rings is 2. The van der Waals surface area contributed by atoms with Gasteiger partial charge < -0.3 is 34.1 Å². The molecule has 2 aromatic rings. The van der Waals surface area contributed by atoms with E-state index in [0.29, 0.717) is 41.4 Å². The Labute approximate surface area is 223 Å². The summed E-state index contributed by atoms with van der Waals surface area (Å²) in [5, 5.41) is 2.85. The fraction of sp³-hybridized carbons (Fsp3) is 0.464. The number of ether oxygens (including phenoxy) is 4. The van der Waals surface area contributed by atoms with Gasteiger partial charge in [0.05, 0.1) is 24.8 Å². The van der Waals surface area contributed by atoms with Gasteiger partial charge in [0.25, 0.3) is 11.8 Å². The van der Waals surface area contributed by atoms with Gasteiger partial charge in [0.2, 0.25) is 5.91 Å². The minimum absolute atomic E-state index is 0.0482. The molecule has 10 nitrogen and oxygen atoms in total. The maximum Gasteiger partial charge on any atom is 0.257 e. The highest BCUT2D eigenvalue weighted by molar-refractivity contribution is 6.05. The first-order valence-corrected chi connectivity index (χ1v) is 12.5. The number of carbonyl (C=O) groups excluding carboxylic acids is 3. The molecule has 10 heteroatoms. The normalized spacial score (nSPS) is 20.5. The highest BCUT2D eigenvalue weighted by atomic mass is 16.5. The number of nitrogens with zero attached hydrogens (tertiary/aromatic N) is 2. The third kappa shape index (κ3) is 7.02. The molecule has 1 aliphatic rings. The molecular formula is C28H37N3O7. The highest BCUT2D eigenvalue weighted by Gasteiger charge is 2.30. The van der Waals surface area contributed by atoms with Crippen molar-refractivity contribution in [3.8, 4) is 11.5 Å². The van der Waals surface area contributed by atoms with Crippen molar-refractivity contribution >= 4 is 23.4 Å². The van der Waals surface area contributed by atoms with Gasteiger partial charge in [-0.15, -0.1) is 0 Å². The van der Waals surface area contributed by atoms with Crippen LogP contribution in [0, 0.1) is 5.92 Å². The maximum absolute atomic E-state index is 13.4. The van der Waals surface area contributed by atoms with Crippen molar-refractivity contribution in [2.75, 3.05) is 60.0 Å². The summed E-state index contributed by atoms with van der Waals surface area (Å²) in [6.45, 7) is 4.71. The fourth-order valence-corrected chi connectivity index (χ4v) is 4.35. The van der Waals surface area contributed by atoms with Crippen molar-refractivity contribution in [3.05, 3.63) is 53.6 Å². The number of carbonyl (C=O) groups is 3. The minimum Gasteiger partial charge on any atom is -0.497 e. The second-order valence-electron chi connectivity index (χ2n) is 9.47. The second kappa shape index (κ2) is 13.3. The molecule has 3 atom stereocenters. The molecule has 0 saturated heterocycles. The van der Waals surface area contributed by atoms with E-state index in [4.69, 9.17) is 18.9 Å². The summed E-state index contributed by atoms with van der Waals surface area (Å²) < 4.78 is 22.1. The van der Waals surface area contributed by atoms with Gasteiger partial charge >= 0.3 is 0 Å². The number of rotatable bonds is 6. The van der Waals surface area contributed by atoms with E-state index in [-0.39, 0.29) is 49.0 Å². The lowest BCUT2D eigenvalue weighted by Gasteiger charge is -2.36. The number of hydrogen-bond acceptors (Lipinski definition) is 7. The van der Waals surface area contributed by atoms with Crippen LogP contribution in [0.15, 0.2) is 42.5 Å². The monoisotopic (exact) mass is 527 g/mol. The lowest BCUT2D eigenvalue weighted by atomic mass is 10.0. The van der Waals surface area contributed by atoms with Crippen molar-refractivity contribution in [3.63, 3.8) is 0 Å². The van der Waals surface area contributed by atoms with Gasteiger partial charge in [-0.2, -0.15) is 0 Å². The second-order valence-corrected chi connectivity index (χ2v) is 9.47. The van der Waals surface area contributed by atoms with Crippen LogP contribution in [-0.4, -0.2) is 94.3 Å². The van der Waals surface area contributed by atoms with Crippen LogP contribution < -0.4 is 14.8 Å². The summed E-state index contributed by atoms with van der Waals surface area (Å²) in [5.74, 6) is 0.201. The Balaban J connectivity index is 1.92. The third-order valence-corrected chi connectivity index (χ3v) is 6.64. The molecule has 0 aliphatic carbocycles. The van der Waals surface area contributed by atoms with Gasteiger partial charge in [0, 0.05) is 57.6 Å². The molecule has 0 aromatic heterocycles. The van der Waals surface area contributed by atoms with Crippen LogP contribution in [0.1, 0.15) is 34.6 Å². The molecule has 3 rings (SSSR count). The molecule has 3 amide bonds. The summed E-state index contributed by atoms with van der Waals surface area (Å²) in [6.07, 6.45) is -0.291. The number of hydrogen-bond donors (Lipinski definition) is 1. The van der Waals surface area contributed by atoms with Crippen molar-refractivity contribution in [2.24, 2.45) is 5.92 Å². The van der Waals surface area contributed by atoms with Crippen LogP contribution in [0.2, 0.25) is 0 Å². The molecule has 0 spiro atoms. The molecule has 0 unspecified atom stereocenters. The Morgan fingerprint density at radius 3 is 2.39 bits per heavy atom. The number of amides is 3. The molecule has 2 aromatic carbocycles. The predicted molar refractivity (Wildman–Crippen MR) is 143 cm³/mol. The van der Waals surface area contributed by atoms with E-state index in [1.54, 1.807) is 73.5 Å². The zero-order valence-corrected chi connectivity index (χ0v) is 22.9. The number of nitrogens with one attached hydrogen (secondary N) is 1. The van der Waals surface area contributed by atoms with E-state index in [1.807, 2.05) is 13.8 Å². The van der Waals surface area contributed by atoms with Gasteiger partial charge in [0.15, 0.2) is 0 Å². The largest absolute Gasteiger partial charge is 0.497 e. The minimum atomic E-state index is -0.314. The van der Waals surface area contributed by atoms with Crippen LogP contribution in [0.5, 0.6) is 11.5 Å². The molecule has 1 aliphatic heterocycles. The number of methoxy groups -OCH3 is 3. The zero-order chi connectivity index (χ0) is 27.8. The van der Waals surface area contributed by atoms with Crippen LogP contribution >= 0.6 is 0 Å². The molecule has 0 radical (unpaired) electrons. The van der Waals surface area contributed by atoms with E-state index in [9.17, 15) is 14.4 Å². The molecule has 206 valence electrons. The summed E-state index contributed by atoms with van der Waals surface area (Å²) >= 11 is 0. The van der Waals surface area contributed by atoms with Gasteiger partial charge in [-0.25, -0.2) is 0 Å². The van der Waals surface area contributed by atoms with Crippen molar-refractivity contribution < 1.29 is 33.3 Å². The van der Waals surface area contributed by atoms with Crippen molar-refractivity contribution in [1.82, 2.24) is 9.80 Å². The summed E-state index contributed by atoms with van der Waals surface area (Å²) in [4.78, 5) is 42.3. The molecule has 1 N–H and O–H groups in total. The number of anilines is 1. The Kier molecular flexibility index (Phi) is 10.1. The van der Waals surface area contributed by atoms with Gasteiger partial charge in [0.1, 0.15) is 24.7 Å². The van der Waals surface area contributed by atoms with Gasteiger partial charge in [-0.1, -0.05) is 6.92 Å². The maximum atomic E-state index is 13.4. The molecular weight excluding hydrogens is 490 g/mol. The van der Waals surface area contributed by atoms with E-state index < -0.39 is 0 Å². The lowest BCUT2D eigenvalue weighted by Crippen LogP contribution is -2.49. The first-order valence-electron chi connectivity index (χ1n) is 12.5. The number of likely N-dealkylation sites (N-methyl/N-ethyl adjacent to an activating group) is 1. The lowest BCUT2D eigenvalue weighted by molar-refractivity contribution is -0.139. The van der Waals surface area contributed by atoms with E-state index in [1.165, 1.54) is 7.11 Å². The van der Waals surface area contributed by atoms with Crippen molar-refractivity contribution in [1.29, 1.82) is 0 Å². The average molecular weight is 528 g/mol. The predicted octanol–water partition coefficient (Wildman–Crippen LogP) is 2.93. The SMILES string of the molecule is COCC(=O)N1C[C@H](C)[C@H](OC)CN(C)C(=O)c2ccc(NC(=O)c3ccc(OC)cc3)cc2OC[C@H]1C. The standard InChI is InChI=1S/C28H37N3O7/c1-18-14-31(26(32)17-35-4)19(2)16-38-24-13-21(29-27(33)20-7-10-22(36-5)11-8-20)9-12-23(24)28(34)30(3)15-25(18)37-6/h7-13,18-19,25H,14-17H2,1-6H3,(H,29,33)/t18-,19+,25+/m0/s1. The topological polar surface area (TPSA) is 107 Å². The molecule has 38 heavy (non-hydrogen) atoms. The van der Waals surface area contributed by atoms with Crippen LogP contribution in [0.4, 0.5) is 5.69 Å². The summed E-state index contributed by atoms with van der Waals surface area (Å²) in [6, 6.07) is 11.3. The average Bonchev–Trinajstić information content (AvgIpc) is 2.92. The van der Waals surface area contributed by atoms with Gasteiger partial charge in [-0.3, -0.25) is 14.4 Å². The molecule has 0 bridgehead atoms. The van der Waals surface area contributed by atoms with E-state index >= 15 is 0 Å². The van der Waals surface area contributed by atoms with Crippen LogP contribution in [0.3, 0.4) is 0 Å². The summed E-state index contributed by atoms with van der Waals surface area (Å²) in [5.41, 5.74) is 1.27. The summed E-state index contributed by atoms with van der Waals surface area (Å²) in [7, 11) is 6.34. The Bertz CT molecular complexity index is 1120. The van der Waals surface area contributed by atoms with Crippen LogP contribution in [-0.2, 0) is 14.3 Å². The zero-order valence-electron chi connectivity index (χ0n) is 22.9. The fourth-order valence-electron chi connectivity index (χ4n) is 4.35. The quantitative estimate of drug-likeness (QED) is 0.616. The van der Waals surface area contributed by atoms with E-state index in [2.05, 4.69) is 5.32 Å². The molecule has 0 fully saturated rings. The van der Waals surface area contributed by atoms with Crippen LogP contribution in [0.25, 0.3) is 0 Å².